The molecular formula is C44H28N4S. The highest BCUT2D eigenvalue weighted by atomic mass is 32.1. The van der Waals surface area contributed by atoms with Gasteiger partial charge < -0.3 is 0 Å². The molecule has 2 aromatic heterocycles. The van der Waals surface area contributed by atoms with Crippen LogP contribution in [0.2, 0.25) is 0 Å². The quantitative estimate of drug-likeness (QED) is 0.181. The van der Waals surface area contributed by atoms with Crippen LogP contribution in [-0.4, -0.2) is 19.9 Å². The number of hydrogen-bond donors (Lipinski definition) is 0. The van der Waals surface area contributed by atoms with E-state index in [0.29, 0.717) is 17.5 Å². The maximum atomic E-state index is 5.23. The Kier molecular flexibility index (Phi) is 7.30. The zero-order valence-electron chi connectivity index (χ0n) is 26.4. The smallest absolute Gasteiger partial charge is 0.164 e. The minimum atomic E-state index is 0.631. The van der Waals surface area contributed by atoms with E-state index in [1.165, 1.54) is 10.8 Å². The van der Waals surface area contributed by atoms with Gasteiger partial charge in [-0.1, -0.05) is 158 Å². The van der Waals surface area contributed by atoms with Gasteiger partial charge in [0, 0.05) is 27.8 Å². The van der Waals surface area contributed by atoms with Gasteiger partial charge in [0.2, 0.25) is 0 Å². The SMILES string of the molecule is c1ccc(-c2nc(-c3ccccc3)nc(-c3cccc(-c4ccc5ccccc5c4-c4cccc5sc(-c6ccccc6)nc45)c3)n2)cc1. The molecule has 7 aromatic carbocycles. The summed E-state index contributed by atoms with van der Waals surface area (Å²) in [6.45, 7) is 0. The minimum Gasteiger partial charge on any atom is -0.235 e. The highest BCUT2D eigenvalue weighted by Gasteiger charge is 2.19. The number of aromatic nitrogens is 4. The molecule has 0 unspecified atom stereocenters. The first kappa shape index (κ1) is 28.9. The van der Waals surface area contributed by atoms with E-state index in [2.05, 4.69) is 103 Å². The number of fused-ring (bicyclic) bond motifs is 2. The van der Waals surface area contributed by atoms with Gasteiger partial charge in [0.1, 0.15) is 5.01 Å². The third kappa shape index (κ3) is 5.46. The van der Waals surface area contributed by atoms with E-state index < -0.39 is 0 Å². The maximum Gasteiger partial charge on any atom is 0.164 e. The first-order chi connectivity index (χ1) is 24.3. The summed E-state index contributed by atoms with van der Waals surface area (Å²) < 4.78 is 1.16. The summed E-state index contributed by atoms with van der Waals surface area (Å²) in [6, 6.07) is 58.7. The highest BCUT2D eigenvalue weighted by molar-refractivity contribution is 7.21. The zero-order chi connectivity index (χ0) is 32.6. The van der Waals surface area contributed by atoms with Crippen molar-refractivity contribution in [2.45, 2.75) is 0 Å². The van der Waals surface area contributed by atoms with E-state index in [4.69, 9.17) is 19.9 Å². The van der Waals surface area contributed by atoms with Gasteiger partial charge in [0.15, 0.2) is 17.5 Å². The molecule has 4 nitrogen and oxygen atoms in total. The standard InChI is InChI=1S/C44H28N4S/c1-4-15-30(16-5-1)41-46-42(31-17-6-2-7-18-31)48-43(47-41)34-22-12-21-33(28-34)36-27-26-29-14-10-11-23-35(29)39(36)37-24-13-25-38-40(37)45-44(49-38)32-19-8-3-9-20-32/h1-28H. The van der Waals surface area contributed by atoms with E-state index in [1.54, 1.807) is 11.3 Å². The fraction of sp³-hybridized carbons (Fsp3) is 0. The van der Waals surface area contributed by atoms with E-state index in [0.717, 1.165) is 59.7 Å². The molecule has 0 saturated carbocycles. The fourth-order valence-corrected chi connectivity index (χ4v) is 7.42. The van der Waals surface area contributed by atoms with Crippen molar-refractivity contribution >= 4 is 32.3 Å². The van der Waals surface area contributed by atoms with Gasteiger partial charge >= 0.3 is 0 Å². The maximum absolute atomic E-state index is 5.23. The summed E-state index contributed by atoms with van der Waals surface area (Å²) in [5.74, 6) is 1.92. The first-order valence-corrected chi connectivity index (χ1v) is 17.0. The number of hydrogen-bond acceptors (Lipinski definition) is 5. The molecular weight excluding hydrogens is 617 g/mol. The van der Waals surface area contributed by atoms with Gasteiger partial charge in [-0.05, 0) is 39.6 Å². The van der Waals surface area contributed by atoms with Crippen LogP contribution in [0.15, 0.2) is 170 Å². The Bertz CT molecular complexity index is 2540. The molecule has 0 aliphatic heterocycles. The molecule has 0 fully saturated rings. The van der Waals surface area contributed by atoms with Crippen LogP contribution < -0.4 is 0 Å². The van der Waals surface area contributed by atoms with E-state index in [1.807, 2.05) is 66.7 Å². The Morgan fingerprint density at radius 1 is 0.367 bits per heavy atom. The number of benzene rings is 7. The Morgan fingerprint density at radius 3 is 1.61 bits per heavy atom. The van der Waals surface area contributed by atoms with Crippen molar-refractivity contribution in [1.82, 2.24) is 19.9 Å². The fourth-order valence-electron chi connectivity index (χ4n) is 6.42. The third-order valence-electron chi connectivity index (χ3n) is 8.77. The van der Waals surface area contributed by atoms with Crippen LogP contribution in [0.25, 0.3) is 88.0 Å². The lowest BCUT2D eigenvalue weighted by Crippen LogP contribution is -2.00. The Balaban J connectivity index is 1.24. The predicted octanol–water partition coefficient (Wildman–Crippen LogP) is 11.6. The molecule has 0 aliphatic rings. The summed E-state index contributed by atoms with van der Waals surface area (Å²) in [5.41, 5.74) is 9.44. The molecule has 2 heterocycles. The van der Waals surface area contributed by atoms with Crippen LogP contribution in [-0.2, 0) is 0 Å². The van der Waals surface area contributed by atoms with Crippen molar-refractivity contribution in [2.24, 2.45) is 0 Å². The minimum absolute atomic E-state index is 0.631. The third-order valence-corrected chi connectivity index (χ3v) is 9.84. The summed E-state index contributed by atoms with van der Waals surface area (Å²) in [7, 11) is 0. The van der Waals surface area contributed by atoms with Crippen LogP contribution in [0.1, 0.15) is 0 Å². The number of nitrogens with zero attached hydrogens (tertiary/aromatic N) is 4. The van der Waals surface area contributed by atoms with Crippen LogP contribution in [0.5, 0.6) is 0 Å². The van der Waals surface area contributed by atoms with Gasteiger partial charge in [-0.3, -0.25) is 0 Å². The average molecular weight is 645 g/mol. The molecule has 0 atom stereocenters. The molecule has 0 spiro atoms. The van der Waals surface area contributed by atoms with Gasteiger partial charge in [-0.15, -0.1) is 11.3 Å². The molecule has 9 aromatic rings. The first-order valence-electron chi connectivity index (χ1n) is 16.2. The molecule has 0 aliphatic carbocycles. The zero-order valence-corrected chi connectivity index (χ0v) is 27.2. The van der Waals surface area contributed by atoms with Gasteiger partial charge in [0.25, 0.3) is 0 Å². The molecule has 230 valence electrons. The normalized spacial score (nSPS) is 11.3. The number of para-hydroxylation sites is 1. The largest absolute Gasteiger partial charge is 0.235 e. The lowest BCUT2D eigenvalue weighted by atomic mass is 9.89. The van der Waals surface area contributed by atoms with E-state index in [9.17, 15) is 0 Å². The Hall–Kier alpha value is -6.30. The van der Waals surface area contributed by atoms with Crippen LogP contribution in [0, 0.1) is 0 Å². The van der Waals surface area contributed by atoms with E-state index in [-0.39, 0.29) is 0 Å². The van der Waals surface area contributed by atoms with Crippen molar-refractivity contribution in [3.05, 3.63) is 170 Å². The van der Waals surface area contributed by atoms with Crippen LogP contribution in [0.3, 0.4) is 0 Å². The lowest BCUT2D eigenvalue weighted by molar-refractivity contribution is 1.07. The van der Waals surface area contributed by atoms with Crippen molar-refractivity contribution in [3.63, 3.8) is 0 Å². The van der Waals surface area contributed by atoms with Crippen molar-refractivity contribution in [2.75, 3.05) is 0 Å². The lowest BCUT2D eigenvalue weighted by Gasteiger charge is -2.15. The van der Waals surface area contributed by atoms with Gasteiger partial charge in [-0.25, -0.2) is 19.9 Å². The second-order valence-corrected chi connectivity index (χ2v) is 12.9. The van der Waals surface area contributed by atoms with Crippen LogP contribution >= 0.6 is 11.3 Å². The van der Waals surface area contributed by atoms with E-state index >= 15 is 0 Å². The topological polar surface area (TPSA) is 51.6 Å². The Labute approximate surface area is 288 Å². The molecule has 0 saturated heterocycles. The highest BCUT2D eigenvalue weighted by Crippen LogP contribution is 2.43. The molecule has 0 bridgehead atoms. The molecule has 49 heavy (non-hydrogen) atoms. The summed E-state index contributed by atoms with van der Waals surface area (Å²) in [5, 5.41) is 3.39. The average Bonchev–Trinajstić information content (AvgIpc) is 3.64. The van der Waals surface area contributed by atoms with Crippen molar-refractivity contribution < 1.29 is 0 Å². The summed E-state index contributed by atoms with van der Waals surface area (Å²) in [6.07, 6.45) is 0. The Morgan fingerprint density at radius 2 is 0.918 bits per heavy atom. The van der Waals surface area contributed by atoms with Crippen molar-refractivity contribution in [1.29, 1.82) is 0 Å². The second kappa shape index (κ2) is 12.4. The molecule has 0 N–H and O–H groups in total. The van der Waals surface area contributed by atoms with Gasteiger partial charge in [-0.2, -0.15) is 0 Å². The molecule has 0 radical (unpaired) electrons. The van der Waals surface area contributed by atoms with Crippen LogP contribution in [0.4, 0.5) is 0 Å². The molecule has 9 rings (SSSR count). The number of rotatable bonds is 6. The second-order valence-electron chi connectivity index (χ2n) is 11.9. The predicted molar refractivity (Wildman–Crippen MR) is 203 cm³/mol. The van der Waals surface area contributed by atoms with Gasteiger partial charge in [0.05, 0.1) is 10.2 Å². The number of thiazole rings is 1. The van der Waals surface area contributed by atoms with Crippen molar-refractivity contribution in [3.8, 4) is 67.0 Å². The summed E-state index contributed by atoms with van der Waals surface area (Å²) >= 11 is 1.73. The monoisotopic (exact) mass is 644 g/mol. The molecule has 5 heteroatoms. The summed E-state index contributed by atoms with van der Waals surface area (Å²) in [4.78, 5) is 20.1. The molecule has 0 amide bonds.